The molecule has 2 fully saturated rings. The Balaban J connectivity index is 0.000000709. The van der Waals surface area contributed by atoms with E-state index in [1.54, 1.807) is 12.2 Å². The van der Waals surface area contributed by atoms with Crippen LogP contribution < -0.4 is 0 Å². The molecule has 0 atom stereocenters. The number of unbranched alkanes of at least 4 members (excludes halogenated alkanes) is 1. The number of rotatable bonds is 12. The number of nitrogens with one attached hydrogen (secondary N) is 1. The van der Waals surface area contributed by atoms with Gasteiger partial charge in [-0.3, -0.25) is 9.80 Å². The SMILES string of the molecule is C=CC=C.Fc1ncccc1CN(CCCCN(C1CCC1)C1CCC1)Cc1c[nH]c2ccccc12. The molecule has 0 bridgehead atoms. The van der Waals surface area contributed by atoms with Crippen LogP contribution in [-0.4, -0.2) is 44.9 Å². The monoisotopic (exact) mass is 488 g/mol. The van der Waals surface area contributed by atoms with Crippen molar-refractivity contribution in [3.05, 3.63) is 91.2 Å². The van der Waals surface area contributed by atoms with Gasteiger partial charge >= 0.3 is 0 Å². The molecule has 5 rings (SSSR count). The molecule has 2 aromatic heterocycles. The average Bonchev–Trinajstić information content (AvgIpc) is 3.23. The smallest absolute Gasteiger partial charge is 0.217 e. The van der Waals surface area contributed by atoms with Crippen molar-refractivity contribution in [3.8, 4) is 0 Å². The molecular formula is C31H41FN4. The van der Waals surface area contributed by atoms with Crippen LogP contribution >= 0.6 is 0 Å². The lowest BCUT2D eigenvalue weighted by molar-refractivity contribution is 0.0383. The molecule has 192 valence electrons. The van der Waals surface area contributed by atoms with Crippen LogP contribution in [-0.2, 0) is 13.1 Å². The third-order valence-corrected chi connectivity index (χ3v) is 7.69. The van der Waals surface area contributed by atoms with Gasteiger partial charge in [0.1, 0.15) is 0 Å². The zero-order chi connectivity index (χ0) is 25.2. The van der Waals surface area contributed by atoms with Crippen LogP contribution in [0.4, 0.5) is 4.39 Å². The molecule has 3 aromatic rings. The second-order valence-electron chi connectivity index (χ2n) is 10.1. The Labute approximate surface area is 215 Å². The van der Waals surface area contributed by atoms with Crippen molar-refractivity contribution in [2.45, 2.75) is 76.5 Å². The van der Waals surface area contributed by atoms with E-state index < -0.39 is 0 Å². The summed E-state index contributed by atoms with van der Waals surface area (Å²) in [5.41, 5.74) is 3.11. The number of benzene rings is 1. The normalized spacial score (nSPS) is 15.9. The van der Waals surface area contributed by atoms with Gasteiger partial charge in [-0.15, -0.1) is 0 Å². The number of hydrogen-bond acceptors (Lipinski definition) is 3. The summed E-state index contributed by atoms with van der Waals surface area (Å²) in [6, 6.07) is 13.8. The summed E-state index contributed by atoms with van der Waals surface area (Å²) in [5, 5.41) is 1.25. The maximum Gasteiger partial charge on any atom is 0.217 e. The molecule has 2 aliphatic carbocycles. The fourth-order valence-corrected chi connectivity index (χ4v) is 5.23. The third-order valence-electron chi connectivity index (χ3n) is 7.69. The van der Waals surface area contributed by atoms with Gasteiger partial charge in [-0.1, -0.05) is 62.4 Å². The van der Waals surface area contributed by atoms with E-state index in [2.05, 4.69) is 63.4 Å². The van der Waals surface area contributed by atoms with Gasteiger partial charge in [0.2, 0.25) is 5.95 Å². The van der Waals surface area contributed by atoms with Crippen LogP contribution in [0.25, 0.3) is 10.9 Å². The highest BCUT2D eigenvalue weighted by atomic mass is 19.1. The van der Waals surface area contributed by atoms with Crippen LogP contribution in [0, 0.1) is 5.95 Å². The Kier molecular flexibility index (Phi) is 9.88. The van der Waals surface area contributed by atoms with Crippen molar-refractivity contribution < 1.29 is 4.39 Å². The first-order valence-corrected chi connectivity index (χ1v) is 13.6. The number of H-pyrrole nitrogens is 1. The summed E-state index contributed by atoms with van der Waals surface area (Å²) in [5.74, 6) is -0.349. The number of pyridine rings is 1. The summed E-state index contributed by atoms with van der Waals surface area (Å²) in [7, 11) is 0. The van der Waals surface area contributed by atoms with Crippen LogP contribution in [0.15, 0.2) is 74.1 Å². The van der Waals surface area contributed by atoms with E-state index in [0.717, 1.165) is 37.1 Å². The van der Waals surface area contributed by atoms with E-state index in [4.69, 9.17) is 0 Å². The van der Waals surface area contributed by atoms with E-state index in [9.17, 15) is 4.39 Å². The number of halogens is 1. The van der Waals surface area contributed by atoms with Crippen LogP contribution in [0.3, 0.4) is 0 Å². The molecule has 1 aromatic carbocycles. The van der Waals surface area contributed by atoms with Gasteiger partial charge in [-0.2, -0.15) is 4.39 Å². The second-order valence-corrected chi connectivity index (χ2v) is 10.1. The molecule has 0 aliphatic heterocycles. The van der Waals surface area contributed by atoms with E-state index in [1.807, 2.05) is 12.1 Å². The molecule has 5 heteroatoms. The summed E-state index contributed by atoms with van der Waals surface area (Å²) in [4.78, 5) is 12.4. The van der Waals surface area contributed by atoms with Crippen molar-refractivity contribution in [1.82, 2.24) is 19.8 Å². The summed E-state index contributed by atoms with van der Waals surface area (Å²) in [6.07, 6.45) is 17.6. The summed E-state index contributed by atoms with van der Waals surface area (Å²) < 4.78 is 14.3. The summed E-state index contributed by atoms with van der Waals surface area (Å²) >= 11 is 0. The molecule has 0 saturated heterocycles. The summed E-state index contributed by atoms with van der Waals surface area (Å²) in [6.45, 7) is 10.3. The van der Waals surface area contributed by atoms with E-state index >= 15 is 0 Å². The fourth-order valence-electron chi connectivity index (χ4n) is 5.23. The van der Waals surface area contributed by atoms with Gasteiger partial charge in [0.05, 0.1) is 0 Å². The Morgan fingerprint density at radius 1 is 0.889 bits per heavy atom. The molecule has 2 aliphatic rings. The van der Waals surface area contributed by atoms with Crippen LogP contribution in [0.1, 0.15) is 62.5 Å². The van der Waals surface area contributed by atoms with Crippen molar-refractivity contribution in [2.24, 2.45) is 0 Å². The van der Waals surface area contributed by atoms with E-state index in [-0.39, 0.29) is 5.95 Å². The highest BCUT2D eigenvalue weighted by molar-refractivity contribution is 5.82. The molecule has 1 N–H and O–H groups in total. The Morgan fingerprint density at radius 3 is 2.19 bits per heavy atom. The average molecular weight is 489 g/mol. The minimum Gasteiger partial charge on any atom is -0.361 e. The molecule has 0 unspecified atom stereocenters. The topological polar surface area (TPSA) is 35.2 Å². The van der Waals surface area contributed by atoms with Crippen LogP contribution in [0.2, 0.25) is 0 Å². The Morgan fingerprint density at radius 2 is 1.56 bits per heavy atom. The van der Waals surface area contributed by atoms with Crippen molar-refractivity contribution in [3.63, 3.8) is 0 Å². The van der Waals surface area contributed by atoms with Gasteiger partial charge in [-0.05, 0) is 69.3 Å². The highest BCUT2D eigenvalue weighted by Gasteiger charge is 2.32. The Bertz CT molecular complexity index is 1080. The maximum absolute atomic E-state index is 14.3. The number of aromatic nitrogens is 2. The predicted molar refractivity (Wildman–Crippen MR) is 148 cm³/mol. The zero-order valence-corrected chi connectivity index (χ0v) is 21.5. The highest BCUT2D eigenvalue weighted by Crippen LogP contribution is 2.33. The molecule has 36 heavy (non-hydrogen) atoms. The van der Waals surface area contributed by atoms with Crippen LogP contribution in [0.5, 0.6) is 0 Å². The number of aromatic amines is 1. The lowest BCUT2D eigenvalue weighted by atomic mass is 9.84. The zero-order valence-electron chi connectivity index (χ0n) is 21.5. The van der Waals surface area contributed by atoms with Gasteiger partial charge in [0.15, 0.2) is 0 Å². The molecule has 2 saturated carbocycles. The third kappa shape index (κ3) is 6.92. The predicted octanol–water partition coefficient (Wildman–Crippen LogP) is 7.25. The Hall–Kier alpha value is -2.76. The largest absolute Gasteiger partial charge is 0.361 e. The van der Waals surface area contributed by atoms with Crippen molar-refractivity contribution in [1.29, 1.82) is 0 Å². The molecule has 0 radical (unpaired) electrons. The number of hydrogen-bond donors (Lipinski definition) is 1. The first-order chi connectivity index (χ1) is 17.7. The van der Waals surface area contributed by atoms with Crippen molar-refractivity contribution >= 4 is 10.9 Å². The number of nitrogens with zero attached hydrogens (tertiary/aromatic N) is 3. The minimum atomic E-state index is -0.349. The molecule has 4 nitrogen and oxygen atoms in total. The van der Waals surface area contributed by atoms with Gasteiger partial charge in [-0.25, -0.2) is 4.98 Å². The first-order valence-electron chi connectivity index (χ1n) is 13.6. The number of allylic oxidation sites excluding steroid dienone is 2. The quantitative estimate of drug-likeness (QED) is 0.166. The first kappa shape index (κ1) is 26.3. The molecule has 2 heterocycles. The standard InChI is InChI=1S/C27H35FN4.C4H6/c28-27-21(8-7-15-29-27)19-31(20-22-18-30-26-14-2-1-13-25(22)26)16-3-4-17-32(23-9-5-10-23)24-11-6-12-24;1-3-4-2/h1-2,7-8,13-15,18,23-24,30H,3-6,9-12,16-17,19-20H2;3-4H,1-2H2. The fraction of sp³-hybridized carbons (Fsp3) is 0.452. The molecule has 0 amide bonds. The van der Waals surface area contributed by atoms with Gasteiger partial charge in [0, 0.05) is 54.0 Å². The lowest BCUT2D eigenvalue weighted by Gasteiger charge is -2.46. The van der Waals surface area contributed by atoms with Crippen molar-refractivity contribution in [2.75, 3.05) is 13.1 Å². The van der Waals surface area contributed by atoms with E-state index in [0.29, 0.717) is 12.1 Å². The van der Waals surface area contributed by atoms with Gasteiger partial charge < -0.3 is 4.98 Å². The maximum atomic E-state index is 14.3. The second kappa shape index (κ2) is 13.5. The molecule has 0 spiro atoms. The minimum absolute atomic E-state index is 0.349. The number of fused-ring (bicyclic) bond motifs is 1. The van der Waals surface area contributed by atoms with E-state index in [1.165, 1.54) is 68.6 Å². The van der Waals surface area contributed by atoms with Gasteiger partial charge in [0.25, 0.3) is 0 Å². The lowest BCUT2D eigenvalue weighted by Crippen LogP contribution is -2.49. The molecular weight excluding hydrogens is 447 g/mol. The number of para-hydroxylation sites is 1.